The summed E-state index contributed by atoms with van der Waals surface area (Å²) in [4.78, 5) is 23.6. The van der Waals surface area contributed by atoms with E-state index in [-0.39, 0.29) is 22.3 Å². The van der Waals surface area contributed by atoms with E-state index >= 15 is 0 Å². The zero-order chi connectivity index (χ0) is 16.9. The number of benzene rings is 1. The number of halogens is 2. The second-order valence-corrected chi connectivity index (χ2v) is 6.79. The van der Waals surface area contributed by atoms with Crippen molar-refractivity contribution in [1.82, 2.24) is 0 Å². The first-order chi connectivity index (χ1) is 10.3. The van der Waals surface area contributed by atoms with Crippen LogP contribution in [-0.2, 0) is 4.74 Å². The first kappa shape index (κ1) is 19.0. The number of rotatable bonds is 7. The molecule has 0 saturated carbocycles. The molecule has 0 heterocycles. The number of esters is 1. The van der Waals surface area contributed by atoms with E-state index in [9.17, 15) is 14.7 Å². The van der Waals surface area contributed by atoms with Gasteiger partial charge >= 0.3 is 11.9 Å². The van der Waals surface area contributed by atoms with Crippen LogP contribution in [0.3, 0.4) is 0 Å². The van der Waals surface area contributed by atoms with E-state index in [1.165, 1.54) is 12.1 Å². The first-order valence-electron chi connectivity index (χ1n) is 7.19. The largest absolute Gasteiger partial charge is 0.478 e. The van der Waals surface area contributed by atoms with E-state index in [2.05, 4.69) is 29.8 Å². The highest BCUT2D eigenvalue weighted by molar-refractivity contribution is 9.10. The van der Waals surface area contributed by atoms with Gasteiger partial charge in [-0.05, 0) is 53.2 Å². The Labute approximate surface area is 143 Å². The number of ether oxygens (including phenoxy) is 1. The summed E-state index contributed by atoms with van der Waals surface area (Å²) < 4.78 is 5.92. The van der Waals surface area contributed by atoms with E-state index in [1.54, 1.807) is 0 Å². The van der Waals surface area contributed by atoms with Gasteiger partial charge in [0.1, 0.15) is 6.10 Å². The van der Waals surface area contributed by atoms with Crippen LogP contribution in [0.25, 0.3) is 0 Å². The summed E-state index contributed by atoms with van der Waals surface area (Å²) in [5.74, 6) is -1.33. The highest BCUT2D eigenvalue weighted by Crippen LogP contribution is 2.27. The zero-order valence-electron chi connectivity index (χ0n) is 12.9. The van der Waals surface area contributed by atoms with Crippen molar-refractivity contribution >= 4 is 39.5 Å². The van der Waals surface area contributed by atoms with Crippen LogP contribution in [0.1, 0.15) is 60.7 Å². The van der Waals surface area contributed by atoms with Gasteiger partial charge in [0.05, 0.1) is 16.1 Å². The lowest BCUT2D eigenvalue weighted by molar-refractivity contribution is 0.0255. The first-order valence-corrected chi connectivity index (χ1v) is 8.36. The summed E-state index contributed by atoms with van der Waals surface area (Å²) in [6.45, 7) is 6.15. The second kappa shape index (κ2) is 8.53. The van der Waals surface area contributed by atoms with Gasteiger partial charge in [0.2, 0.25) is 0 Å². The molecule has 4 nitrogen and oxygen atoms in total. The van der Waals surface area contributed by atoms with E-state index in [0.29, 0.717) is 16.8 Å². The molecule has 0 spiro atoms. The number of aromatic carboxylic acids is 1. The zero-order valence-corrected chi connectivity index (χ0v) is 15.2. The Hall–Kier alpha value is -1.07. The van der Waals surface area contributed by atoms with Crippen molar-refractivity contribution in [3.8, 4) is 0 Å². The molecule has 0 aliphatic carbocycles. The average molecular weight is 392 g/mol. The van der Waals surface area contributed by atoms with E-state index in [0.717, 1.165) is 12.8 Å². The van der Waals surface area contributed by atoms with Gasteiger partial charge in [0, 0.05) is 4.47 Å². The molecule has 122 valence electrons. The molecule has 0 radical (unpaired) electrons. The van der Waals surface area contributed by atoms with E-state index in [1.807, 2.05) is 6.92 Å². The van der Waals surface area contributed by atoms with Crippen LogP contribution in [0.15, 0.2) is 16.6 Å². The van der Waals surface area contributed by atoms with Crippen molar-refractivity contribution in [3.05, 3.63) is 32.8 Å². The monoisotopic (exact) mass is 390 g/mol. The van der Waals surface area contributed by atoms with Gasteiger partial charge in [-0.2, -0.15) is 0 Å². The lowest BCUT2D eigenvalue weighted by Gasteiger charge is -2.18. The van der Waals surface area contributed by atoms with Gasteiger partial charge in [-0.3, -0.25) is 0 Å². The molecule has 1 atom stereocenters. The number of carboxylic acids is 1. The Bertz CT molecular complexity index is 557. The second-order valence-electron chi connectivity index (χ2n) is 5.52. The van der Waals surface area contributed by atoms with Crippen LogP contribution >= 0.6 is 27.5 Å². The van der Waals surface area contributed by atoms with Crippen LogP contribution in [0.2, 0.25) is 5.02 Å². The number of carbonyl (C=O) groups is 2. The van der Waals surface area contributed by atoms with Gasteiger partial charge in [0.15, 0.2) is 0 Å². The lowest BCUT2D eigenvalue weighted by atomic mass is 10.0. The third-order valence-corrected chi connectivity index (χ3v) is 4.50. The standard InChI is InChI=1S/C16H20BrClO4/c1-4-10(6-5-9(2)3)22-16(21)12-7-13(17)14(18)8-11(12)15(19)20/h7-10H,4-6H2,1-3H3,(H,19,20). The van der Waals surface area contributed by atoms with Gasteiger partial charge < -0.3 is 9.84 Å². The van der Waals surface area contributed by atoms with Crippen LogP contribution < -0.4 is 0 Å². The van der Waals surface area contributed by atoms with Crippen LogP contribution in [-0.4, -0.2) is 23.1 Å². The number of hydrogen-bond acceptors (Lipinski definition) is 3. The molecule has 0 aliphatic rings. The smallest absolute Gasteiger partial charge is 0.339 e. The predicted octanol–water partition coefficient (Wildman–Crippen LogP) is 5.17. The topological polar surface area (TPSA) is 63.6 Å². The fraction of sp³-hybridized carbons (Fsp3) is 0.500. The SMILES string of the molecule is CCC(CCC(C)C)OC(=O)c1cc(Br)c(Cl)cc1C(=O)O. The summed E-state index contributed by atoms with van der Waals surface area (Å²) in [7, 11) is 0. The normalized spacial score (nSPS) is 12.3. The molecule has 1 unspecified atom stereocenters. The van der Waals surface area contributed by atoms with Crippen molar-refractivity contribution in [2.45, 2.75) is 46.1 Å². The summed E-state index contributed by atoms with van der Waals surface area (Å²) in [6, 6.07) is 2.64. The van der Waals surface area contributed by atoms with E-state index < -0.39 is 11.9 Å². The molecule has 1 aromatic carbocycles. The average Bonchev–Trinajstić information content (AvgIpc) is 2.45. The molecule has 1 rings (SSSR count). The Balaban J connectivity index is 2.96. The lowest BCUT2D eigenvalue weighted by Crippen LogP contribution is -2.20. The third-order valence-electron chi connectivity index (χ3n) is 3.31. The van der Waals surface area contributed by atoms with Gasteiger partial charge in [-0.1, -0.05) is 32.4 Å². The molecule has 0 aromatic heterocycles. The third kappa shape index (κ3) is 5.29. The minimum absolute atomic E-state index is 0.00627. The molecule has 0 fully saturated rings. The summed E-state index contributed by atoms with van der Waals surface area (Å²) >= 11 is 9.09. The predicted molar refractivity (Wildman–Crippen MR) is 89.7 cm³/mol. The van der Waals surface area contributed by atoms with Gasteiger partial charge in [-0.15, -0.1) is 0 Å². The minimum atomic E-state index is -1.21. The Kier molecular flexibility index (Phi) is 7.36. The molecular weight excluding hydrogens is 372 g/mol. The number of hydrogen-bond donors (Lipinski definition) is 1. The van der Waals surface area contributed by atoms with Gasteiger partial charge in [-0.25, -0.2) is 9.59 Å². The van der Waals surface area contributed by atoms with E-state index in [4.69, 9.17) is 16.3 Å². The van der Waals surface area contributed by atoms with Crippen LogP contribution in [0.4, 0.5) is 0 Å². The molecule has 22 heavy (non-hydrogen) atoms. The maximum atomic E-state index is 12.3. The molecule has 0 aliphatic heterocycles. The summed E-state index contributed by atoms with van der Waals surface area (Å²) in [5, 5.41) is 9.45. The van der Waals surface area contributed by atoms with Crippen molar-refractivity contribution in [3.63, 3.8) is 0 Å². The Morgan fingerprint density at radius 1 is 1.27 bits per heavy atom. The highest BCUT2D eigenvalue weighted by atomic mass is 79.9. The quantitative estimate of drug-likeness (QED) is 0.651. The van der Waals surface area contributed by atoms with Crippen molar-refractivity contribution < 1.29 is 19.4 Å². The minimum Gasteiger partial charge on any atom is -0.478 e. The fourth-order valence-electron chi connectivity index (χ4n) is 1.97. The molecule has 1 aromatic rings. The maximum absolute atomic E-state index is 12.3. The van der Waals surface area contributed by atoms with Crippen molar-refractivity contribution in [2.24, 2.45) is 5.92 Å². The number of carbonyl (C=O) groups excluding carboxylic acids is 1. The fourth-order valence-corrected chi connectivity index (χ4v) is 2.48. The number of carboxylic acid groups (broad SMARTS) is 1. The van der Waals surface area contributed by atoms with Crippen molar-refractivity contribution in [2.75, 3.05) is 0 Å². The molecule has 0 saturated heterocycles. The molecule has 1 N–H and O–H groups in total. The highest BCUT2D eigenvalue weighted by Gasteiger charge is 2.22. The molecular formula is C16H20BrClO4. The molecule has 0 amide bonds. The van der Waals surface area contributed by atoms with Crippen LogP contribution in [0.5, 0.6) is 0 Å². The van der Waals surface area contributed by atoms with Crippen LogP contribution in [0, 0.1) is 5.92 Å². The summed E-state index contributed by atoms with van der Waals surface area (Å²) in [5.41, 5.74) is -0.149. The molecule has 6 heteroatoms. The Morgan fingerprint density at radius 3 is 2.41 bits per heavy atom. The van der Waals surface area contributed by atoms with Gasteiger partial charge in [0.25, 0.3) is 0 Å². The van der Waals surface area contributed by atoms with Crippen molar-refractivity contribution in [1.29, 1.82) is 0 Å². The Morgan fingerprint density at radius 2 is 1.91 bits per heavy atom. The maximum Gasteiger partial charge on any atom is 0.339 e. The molecule has 0 bridgehead atoms. The summed E-state index contributed by atoms with van der Waals surface area (Å²) in [6.07, 6.45) is 2.18.